The van der Waals surface area contributed by atoms with Gasteiger partial charge in [-0.1, -0.05) is 11.8 Å². The van der Waals surface area contributed by atoms with Crippen molar-refractivity contribution in [1.82, 2.24) is 15.3 Å². The molecule has 1 unspecified atom stereocenters. The number of aryl methyl sites for hydroxylation is 1. The van der Waals surface area contributed by atoms with Gasteiger partial charge in [-0.05, 0) is 19.9 Å². The van der Waals surface area contributed by atoms with Crippen molar-refractivity contribution >= 4 is 17.2 Å². The lowest BCUT2D eigenvalue weighted by atomic mass is 10.2. The number of rotatable bonds is 3. The molecule has 1 atom stereocenters. The van der Waals surface area contributed by atoms with Crippen LogP contribution in [0.5, 0.6) is 0 Å². The molecule has 0 saturated heterocycles. The molecule has 0 saturated carbocycles. The van der Waals surface area contributed by atoms with Crippen LogP contribution >= 0.6 is 11.3 Å². The van der Waals surface area contributed by atoms with Gasteiger partial charge >= 0.3 is 0 Å². The first-order valence-electron chi connectivity index (χ1n) is 6.38. The molecule has 2 aromatic heterocycles. The summed E-state index contributed by atoms with van der Waals surface area (Å²) in [5.41, 5.74) is 1.97. The third-order valence-corrected chi connectivity index (χ3v) is 3.81. The molecule has 5 nitrogen and oxygen atoms in total. The van der Waals surface area contributed by atoms with Crippen LogP contribution in [-0.2, 0) is 0 Å². The highest BCUT2D eigenvalue weighted by atomic mass is 32.1. The van der Waals surface area contributed by atoms with Crippen LogP contribution in [0.1, 0.15) is 39.6 Å². The van der Waals surface area contributed by atoms with Crippen LogP contribution in [0.3, 0.4) is 0 Å². The average Bonchev–Trinajstić information content (AvgIpc) is 2.92. The van der Waals surface area contributed by atoms with Crippen molar-refractivity contribution in [2.45, 2.75) is 19.9 Å². The molecule has 0 spiro atoms. The number of nitrogens with one attached hydrogen (secondary N) is 1. The Morgan fingerprint density at radius 3 is 3.00 bits per heavy atom. The second-order valence-corrected chi connectivity index (χ2v) is 5.33. The summed E-state index contributed by atoms with van der Waals surface area (Å²) < 4.78 is 0. The van der Waals surface area contributed by atoms with Gasteiger partial charge in [-0.15, -0.1) is 11.3 Å². The van der Waals surface area contributed by atoms with Crippen LogP contribution in [0, 0.1) is 18.8 Å². The second-order valence-electron chi connectivity index (χ2n) is 4.44. The SMILES string of the molecule is Cc1csc(C(C)NC(=O)c2cncc(C#CCO)c2)n1. The normalized spacial score (nSPS) is 11.4. The van der Waals surface area contributed by atoms with Gasteiger partial charge in [-0.2, -0.15) is 0 Å². The summed E-state index contributed by atoms with van der Waals surface area (Å²) in [4.78, 5) is 20.5. The lowest BCUT2D eigenvalue weighted by Gasteiger charge is -2.11. The van der Waals surface area contributed by atoms with E-state index in [2.05, 4.69) is 27.1 Å². The predicted molar refractivity (Wildman–Crippen MR) is 80.9 cm³/mol. The number of amides is 1. The molecule has 21 heavy (non-hydrogen) atoms. The summed E-state index contributed by atoms with van der Waals surface area (Å²) in [5, 5.41) is 14.4. The minimum absolute atomic E-state index is 0.164. The molecular formula is C15H15N3O2S. The molecule has 1 amide bonds. The first-order chi connectivity index (χ1) is 10.1. The lowest BCUT2D eigenvalue weighted by Crippen LogP contribution is -2.26. The minimum atomic E-state index is -0.226. The lowest BCUT2D eigenvalue weighted by molar-refractivity contribution is 0.0939. The molecule has 0 aliphatic rings. The maximum Gasteiger partial charge on any atom is 0.253 e. The zero-order valence-electron chi connectivity index (χ0n) is 11.8. The van der Waals surface area contributed by atoms with E-state index in [9.17, 15) is 4.79 Å². The number of carbonyl (C=O) groups excluding carboxylic acids is 1. The number of nitrogens with zero attached hydrogens (tertiary/aromatic N) is 2. The van der Waals surface area contributed by atoms with Gasteiger partial charge in [0.1, 0.15) is 11.6 Å². The van der Waals surface area contributed by atoms with Crippen molar-refractivity contribution in [3.05, 3.63) is 45.7 Å². The number of hydrogen-bond donors (Lipinski definition) is 2. The highest BCUT2D eigenvalue weighted by Gasteiger charge is 2.14. The Hall–Kier alpha value is -2.23. The van der Waals surface area contributed by atoms with Gasteiger partial charge in [0.05, 0.1) is 11.6 Å². The van der Waals surface area contributed by atoms with E-state index < -0.39 is 0 Å². The number of thiazole rings is 1. The van der Waals surface area contributed by atoms with E-state index in [1.165, 1.54) is 17.5 Å². The summed E-state index contributed by atoms with van der Waals surface area (Å²) >= 11 is 1.52. The molecule has 0 aliphatic carbocycles. The maximum atomic E-state index is 12.2. The fourth-order valence-electron chi connectivity index (χ4n) is 1.69. The van der Waals surface area contributed by atoms with E-state index >= 15 is 0 Å². The molecule has 0 fully saturated rings. The van der Waals surface area contributed by atoms with Crippen molar-refractivity contribution in [1.29, 1.82) is 0 Å². The van der Waals surface area contributed by atoms with Gasteiger partial charge < -0.3 is 10.4 Å². The van der Waals surface area contributed by atoms with Gasteiger partial charge in [0.15, 0.2) is 0 Å². The third kappa shape index (κ3) is 4.12. The van der Waals surface area contributed by atoms with Crippen molar-refractivity contribution in [3.63, 3.8) is 0 Å². The van der Waals surface area contributed by atoms with E-state index in [1.54, 1.807) is 12.3 Å². The summed E-state index contributed by atoms with van der Waals surface area (Å²) in [6.45, 7) is 3.58. The Labute approximate surface area is 127 Å². The quantitative estimate of drug-likeness (QED) is 0.846. The van der Waals surface area contributed by atoms with Gasteiger partial charge in [-0.25, -0.2) is 4.98 Å². The zero-order valence-corrected chi connectivity index (χ0v) is 12.6. The summed E-state index contributed by atoms with van der Waals surface area (Å²) in [6, 6.07) is 1.48. The van der Waals surface area contributed by atoms with Crippen LogP contribution in [0.2, 0.25) is 0 Å². The molecular weight excluding hydrogens is 286 g/mol. The average molecular weight is 301 g/mol. The molecule has 2 N–H and O–H groups in total. The molecule has 2 heterocycles. The van der Waals surface area contributed by atoms with E-state index in [0.717, 1.165) is 10.7 Å². The Morgan fingerprint density at radius 1 is 1.52 bits per heavy atom. The van der Waals surface area contributed by atoms with E-state index in [0.29, 0.717) is 11.1 Å². The fraction of sp³-hybridized carbons (Fsp3) is 0.267. The molecule has 2 aromatic rings. The van der Waals surface area contributed by atoms with Gasteiger partial charge in [0, 0.05) is 29.0 Å². The molecule has 6 heteroatoms. The minimum Gasteiger partial charge on any atom is -0.384 e. The topological polar surface area (TPSA) is 75.1 Å². The van der Waals surface area contributed by atoms with Crippen molar-refractivity contribution in [2.75, 3.05) is 6.61 Å². The summed E-state index contributed by atoms with van der Waals surface area (Å²) in [7, 11) is 0. The Kier molecular flexibility index (Phi) is 5.04. The number of hydrogen-bond acceptors (Lipinski definition) is 5. The molecule has 0 bridgehead atoms. The van der Waals surface area contributed by atoms with E-state index in [-0.39, 0.29) is 18.6 Å². The smallest absolute Gasteiger partial charge is 0.253 e. The molecule has 2 rings (SSSR count). The second kappa shape index (κ2) is 6.97. The Bertz CT molecular complexity index is 700. The number of carbonyl (C=O) groups is 1. The van der Waals surface area contributed by atoms with Crippen LogP contribution in [0.15, 0.2) is 23.8 Å². The van der Waals surface area contributed by atoms with E-state index in [4.69, 9.17) is 5.11 Å². The van der Waals surface area contributed by atoms with Crippen LogP contribution in [-0.4, -0.2) is 27.6 Å². The largest absolute Gasteiger partial charge is 0.384 e. The molecule has 0 aromatic carbocycles. The van der Waals surface area contributed by atoms with Crippen molar-refractivity contribution in [2.24, 2.45) is 0 Å². The highest BCUT2D eigenvalue weighted by Crippen LogP contribution is 2.17. The molecule has 108 valence electrons. The van der Waals surface area contributed by atoms with Gasteiger partial charge in [0.2, 0.25) is 0 Å². The van der Waals surface area contributed by atoms with Crippen LogP contribution in [0.4, 0.5) is 0 Å². The van der Waals surface area contributed by atoms with E-state index in [1.807, 2.05) is 19.2 Å². The number of aromatic nitrogens is 2. The van der Waals surface area contributed by atoms with Crippen molar-refractivity contribution in [3.8, 4) is 11.8 Å². The summed E-state index contributed by atoms with van der Waals surface area (Å²) in [6.07, 6.45) is 3.03. The fourth-order valence-corrected chi connectivity index (χ4v) is 2.49. The van der Waals surface area contributed by atoms with Gasteiger partial charge in [0.25, 0.3) is 5.91 Å². The maximum absolute atomic E-state index is 12.2. The molecule has 0 aliphatic heterocycles. The first-order valence-corrected chi connectivity index (χ1v) is 7.26. The zero-order chi connectivity index (χ0) is 15.2. The molecule has 0 radical (unpaired) electrons. The standard InChI is InChI=1S/C15H15N3O2S/c1-10-9-21-15(17-10)11(2)18-14(20)13-6-12(4-3-5-19)7-16-8-13/h6-9,11,19H,5H2,1-2H3,(H,18,20). The highest BCUT2D eigenvalue weighted by molar-refractivity contribution is 7.09. The Balaban J connectivity index is 2.09. The predicted octanol–water partition coefficient (Wildman–Crippen LogP) is 1.68. The number of aliphatic hydroxyl groups is 1. The number of aliphatic hydroxyl groups excluding tert-OH is 1. The third-order valence-electron chi connectivity index (χ3n) is 2.67. The summed E-state index contributed by atoms with van der Waals surface area (Å²) in [5.74, 6) is 5.02. The van der Waals surface area contributed by atoms with Crippen molar-refractivity contribution < 1.29 is 9.90 Å². The Morgan fingerprint density at radius 2 is 2.33 bits per heavy atom. The van der Waals surface area contributed by atoms with Crippen LogP contribution < -0.4 is 5.32 Å². The first kappa shape index (κ1) is 15.2. The van der Waals surface area contributed by atoms with Crippen LogP contribution in [0.25, 0.3) is 0 Å². The van der Waals surface area contributed by atoms with Gasteiger partial charge in [-0.3, -0.25) is 9.78 Å². The monoisotopic (exact) mass is 301 g/mol. The number of pyridine rings is 1.